The summed E-state index contributed by atoms with van der Waals surface area (Å²) in [7, 11) is 0. The van der Waals surface area contributed by atoms with Crippen molar-refractivity contribution in [1.82, 2.24) is 4.90 Å². The number of fused-ring (bicyclic) bond motifs is 3. The van der Waals surface area contributed by atoms with E-state index in [0.29, 0.717) is 12.1 Å². The van der Waals surface area contributed by atoms with Crippen LogP contribution in [-0.2, 0) is 6.42 Å². The monoisotopic (exact) mass is 292 g/mol. The Morgan fingerprint density at radius 2 is 1.73 bits per heavy atom. The van der Waals surface area contributed by atoms with Gasteiger partial charge in [0.15, 0.2) is 0 Å². The molecule has 0 bridgehead atoms. The van der Waals surface area contributed by atoms with E-state index in [2.05, 4.69) is 71.3 Å². The first-order valence-electron chi connectivity index (χ1n) is 8.46. The highest BCUT2D eigenvalue weighted by molar-refractivity contribution is 5.57. The van der Waals surface area contributed by atoms with Gasteiger partial charge < -0.3 is 4.90 Å². The summed E-state index contributed by atoms with van der Waals surface area (Å²) in [5, 5.41) is 0. The van der Waals surface area contributed by atoms with E-state index >= 15 is 0 Å². The summed E-state index contributed by atoms with van der Waals surface area (Å²) in [6, 6.07) is 21.1. The molecule has 1 fully saturated rings. The standard InChI is InChI=1S/C20H24N2/c1-16(17-7-3-2-4-8-17)21-13-14-22-19(15-21)12-11-18-9-5-6-10-20(18)22/h2-10,16,19H,11-15H2,1H3/t16-,19-/m0/s1. The maximum Gasteiger partial charge on any atom is 0.0421 e. The van der Waals surface area contributed by atoms with Crippen LogP contribution in [0.5, 0.6) is 0 Å². The van der Waals surface area contributed by atoms with Crippen molar-refractivity contribution in [3.05, 3.63) is 65.7 Å². The number of anilines is 1. The summed E-state index contributed by atoms with van der Waals surface area (Å²) < 4.78 is 0. The molecule has 2 atom stereocenters. The van der Waals surface area contributed by atoms with Crippen LogP contribution in [0.2, 0.25) is 0 Å². The van der Waals surface area contributed by atoms with Crippen molar-refractivity contribution >= 4 is 5.69 Å². The van der Waals surface area contributed by atoms with E-state index < -0.39 is 0 Å². The van der Waals surface area contributed by atoms with Crippen molar-refractivity contribution in [3.63, 3.8) is 0 Å². The molecule has 2 nitrogen and oxygen atoms in total. The van der Waals surface area contributed by atoms with Crippen molar-refractivity contribution in [2.24, 2.45) is 0 Å². The SMILES string of the molecule is C[C@@H](c1ccccc1)N1CCN2c3ccccc3CC[C@H]2C1. The van der Waals surface area contributed by atoms with Gasteiger partial charge in [-0.3, -0.25) is 4.90 Å². The minimum absolute atomic E-state index is 0.514. The summed E-state index contributed by atoms with van der Waals surface area (Å²) in [6.07, 6.45) is 2.51. The lowest BCUT2D eigenvalue weighted by atomic mass is 9.93. The van der Waals surface area contributed by atoms with Crippen molar-refractivity contribution in [2.45, 2.75) is 31.8 Å². The van der Waals surface area contributed by atoms with Crippen LogP contribution in [0.1, 0.15) is 30.5 Å². The Morgan fingerprint density at radius 1 is 0.955 bits per heavy atom. The van der Waals surface area contributed by atoms with Gasteiger partial charge in [-0.2, -0.15) is 0 Å². The number of aryl methyl sites for hydroxylation is 1. The fraction of sp³-hybridized carbons (Fsp3) is 0.400. The van der Waals surface area contributed by atoms with Crippen LogP contribution < -0.4 is 4.90 Å². The van der Waals surface area contributed by atoms with Crippen molar-refractivity contribution in [1.29, 1.82) is 0 Å². The number of hydrogen-bond donors (Lipinski definition) is 0. The molecule has 0 aromatic heterocycles. The number of para-hydroxylation sites is 1. The molecule has 2 aromatic carbocycles. The molecule has 0 spiro atoms. The third kappa shape index (κ3) is 2.42. The number of piperazine rings is 1. The van der Waals surface area contributed by atoms with E-state index in [4.69, 9.17) is 0 Å². The van der Waals surface area contributed by atoms with Crippen LogP contribution in [0.4, 0.5) is 5.69 Å². The molecule has 0 radical (unpaired) electrons. The van der Waals surface area contributed by atoms with Crippen molar-refractivity contribution in [3.8, 4) is 0 Å². The zero-order valence-corrected chi connectivity index (χ0v) is 13.3. The van der Waals surface area contributed by atoms with Gasteiger partial charge in [0.2, 0.25) is 0 Å². The lowest BCUT2D eigenvalue weighted by Crippen LogP contribution is -2.55. The van der Waals surface area contributed by atoms with Crippen molar-refractivity contribution < 1.29 is 0 Å². The molecule has 0 unspecified atom stereocenters. The van der Waals surface area contributed by atoms with Gasteiger partial charge in [0.25, 0.3) is 0 Å². The number of nitrogens with zero attached hydrogens (tertiary/aromatic N) is 2. The molecule has 1 saturated heterocycles. The first-order chi connectivity index (χ1) is 10.8. The van der Waals surface area contributed by atoms with Gasteiger partial charge in [-0.1, -0.05) is 48.5 Å². The highest BCUT2D eigenvalue weighted by Crippen LogP contribution is 2.34. The smallest absolute Gasteiger partial charge is 0.0421 e. The molecule has 4 rings (SSSR count). The molecular formula is C20H24N2. The zero-order chi connectivity index (χ0) is 14.9. The van der Waals surface area contributed by atoms with E-state index in [-0.39, 0.29) is 0 Å². The maximum absolute atomic E-state index is 2.66. The Kier molecular flexibility index (Phi) is 3.63. The van der Waals surface area contributed by atoms with E-state index in [9.17, 15) is 0 Å². The molecule has 0 aliphatic carbocycles. The average molecular weight is 292 g/mol. The van der Waals surface area contributed by atoms with Crippen LogP contribution >= 0.6 is 0 Å². The highest BCUT2D eigenvalue weighted by atomic mass is 15.3. The first kappa shape index (κ1) is 13.8. The lowest BCUT2D eigenvalue weighted by Gasteiger charge is -2.47. The van der Waals surface area contributed by atoms with Gasteiger partial charge in [0, 0.05) is 37.4 Å². The molecule has 2 heterocycles. The van der Waals surface area contributed by atoms with Crippen LogP contribution in [0.25, 0.3) is 0 Å². The molecule has 2 aliphatic rings. The minimum Gasteiger partial charge on any atom is -0.366 e. The minimum atomic E-state index is 0.514. The third-order valence-corrected chi connectivity index (χ3v) is 5.39. The predicted octanol–water partition coefficient (Wildman–Crippen LogP) is 3.88. The van der Waals surface area contributed by atoms with Crippen LogP contribution in [0.3, 0.4) is 0 Å². The predicted molar refractivity (Wildman–Crippen MR) is 92.3 cm³/mol. The topological polar surface area (TPSA) is 6.48 Å². The van der Waals surface area contributed by atoms with E-state index in [0.717, 1.165) is 13.1 Å². The Hall–Kier alpha value is -1.80. The van der Waals surface area contributed by atoms with Crippen LogP contribution in [-0.4, -0.2) is 30.6 Å². The first-order valence-corrected chi connectivity index (χ1v) is 8.46. The Bertz CT molecular complexity index is 637. The van der Waals surface area contributed by atoms with E-state index in [1.807, 2.05) is 0 Å². The quantitative estimate of drug-likeness (QED) is 0.828. The second-order valence-electron chi connectivity index (χ2n) is 6.60. The average Bonchev–Trinajstić information content (AvgIpc) is 2.61. The fourth-order valence-corrected chi connectivity index (χ4v) is 4.06. The number of benzene rings is 2. The molecule has 114 valence electrons. The summed E-state index contributed by atoms with van der Waals surface area (Å²) in [5.74, 6) is 0. The van der Waals surface area contributed by atoms with Crippen molar-refractivity contribution in [2.75, 3.05) is 24.5 Å². The van der Waals surface area contributed by atoms with E-state index in [1.54, 1.807) is 0 Å². The molecule has 22 heavy (non-hydrogen) atoms. The Labute approximate surface area is 133 Å². The molecule has 2 aliphatic heterocycles. The molecule has 0 saturated carbocycles. The largest absolute Gasteiger partial charge is 0.366 e. The third-order valence-electron chi connectivity index (χ3n) is 5.39. The number of hydrogen-bond acceptors (Lipinski definition) is 2. The molecule has 0 N–H and O–H groups in total. The van der Waals surface area contributed by atoms with Gasteiger partial charge in [0.1, 0.15) is 0 Å². The van der Waals surface area contributed by atoms with Gasteiger partial charge in [-0.05, 0) is 37.0 Å². The lowest BCUT2D eigenvalue weighted by molar-refractivity contribution is 0.165. The molecule has 2 heteroatoms. The van der Waals surface area contributed by atoms with Gasteiger partial charge in [-0.25, -0.2) is 0 Å². The molecular weight excluding hydrogens is 268 g/mol. The Morgan fingerprint density at radius 3 is 2.59 bits per heavy atom. The summed E-state index contributed by atoms with van der Waals surface area (Å²) in [4.78, 5) is 5.30. The summed E-state index contributed by atoms with van der Waals surface area (Å²) in [6.45, 7) is 5.84. The molecule has 2 aromatic rings. The second kappa shape index (κ2) is 5.77. The van der Waals surface area contributed by atoms with Crippen LogP contribution in [0.15, 0.2) is 54.6 Å². The normalized spacial score (nSPS) is 22.8. The van der Waals surface area contributed by atoms with Gasteiger partial charge in [-0.15, -0.1) is 0 Å². The summed E-state index contributed by atoms with van der Waals surface area (Å²) in [5.41, 5.74) is 4.45. The van der Waals surface area contributed by atoms with Gasteiger partial charge in [0.05, 0.1) is 0 Å². The maximum atomic E-state index is 2.66. The fourth-order valence-electron chi connectivity index (χ4n) is 4.06. The zero-order valence-electron chi connectivity index (χ0n) is 13.3. The van der Waals surface area contributed by atoms with Crippen LogP contribution in [0, 0.1) is 0 Å². The summed E-state index contributed by atoms with van der Waals surface area (Å²) >= 11 is 0. The highest BCUT2D eigenvalue weighted by Gasteiger charge is 2.33. The number of rotatable bonds is 2. The Balaban J connectivity index is 1.52. The molecule has 0 amide bonds. The second-order valence-corrected chi connectivity index (χ2v) is 6.60. The van der Waals surface area contributed by atoms with Gasteiger partial charge >= 0.3 is 0 Å². The van der Waals surface area contributed by atoms with E-state index in [1.165, 1.54) is 36.2 Å².